The van der Waals surface area contributed by atoms with E-state index in [0.29, 0.717) is 16.7 Å². The highest BCUT2D eigenvalue weighted by Gasteiger charge is 2.21. The summed E-state index contributed by atoms with van der Waals surface area (Å²) in [6, 6.07) is 8.47. The lowest BCUT2D eigenvalue weighted by Gasteiger charge is -2.04. The molecular weight excluding hydrogens is 276 g/mol. The molecule has 1 N–H and O–H groups in total. The average molecular weight is 287 g/mol. The Morgan fingerprint density at radius 1 is 1.14 bits per heavy atom. The van der Waals surface area contributed by atoms with Gasteiger partial charge in [-0.2, -0.15) is 0 Å². The summed E-state index contributed by atoms with van der Waals surface area (Å²) < 4.78 is 32.6. The van der Waals surface area contributed by atoms with E-state index in [1.54, 1.807) is 18.2 Å². The molecule has 0 saturated heterocycles. The predicted molar refractivity (Wildman–Crippen MR) is 74.6 cm³/mol. The zero-order valence-corrected chi connectivity index (χ0v) is 11.1. The van der Waals surface area contributed by atoms with E-state index in [1.165, 1.54) is 19.4 Å². The third kappa shape index (κ3) is 2.16. The highest BCUT2D eigenvalue weighted by atomic mass is 19.1. The van der Waals surface area contributed by atoms with E-state index >= 15 is 0 Å². The Morgan fingerprint density at radius 2 is 1.86 bits per heavy atom. The molecule has 0 aliphatic carbocycles. The van der Waals surface area contributed by atoms with Crippen molar-refractivity contribution in [2.75, 3.05) is 7.11 Å². The lowest BCUT2D eigenvalue weighted by Crippen LogP contribution is -2.06. The van der Waals surface area contributed by atoms with E-state index in [-0.39, 0.29) is 5.56 Å². The fraction of sp³-hybridized carbons (Fsp3) is 0.0625. The molecule has 1 aromatic heterocycles. The van der Waals surface area contributed by atoms with Gasteiger partial charge >= 0.3 is 0 Å². The molecule has 0 amide bonds. The SMILES string of the molecule is COc1ccc2[nH]cc(C(=O)c3c(F)cccc3F)c2c1. The Hall–Kier alpha value is -2.69. The molecule has 0 fully saturated rings. The Labute approximate surface area is 119 Å². The summed E-state index contributed by atoms with van der Waals surface area (Å²) >= 11 is 0. The maximum atomic E-state index is 13.7. The van der Waals surface area contributed by atoms with Crippen molar-refractivity contribution < 1.29 is 18.3 Å². The number of H-pyrrole nitrogens is 1. The van der Waals surface area contributed by atoms with Crippen molar-refractivity contribution in [3.05, 3.63) is 65.4 Å². The van der Waals surface area contributed by atoms with Gasteiger partial charge in [-0.25, -0.2) is 8.78 Å². The first kappa shape index (κ1) is 13.3. The van der Waals surface area contributed by atoms with Crippen LogP contribution in [0.2, 0.25) is 0 Å². The van der Waals surface area contributed by atoms with Gasteiger partial charge in [0.05, 0.1) is 12.7 Å². The summed E-state index contributed by atoms with van der Waals surface area (Å²) in [5.74, 6) is -1.90. The summed E-state index contributed by atoms with van der Waals surface area (Å²) in [4.78, 5) is 15.3. The van der Waals surface area contributed by atoms with Crippen LogP contribution in [-0.2, 0) is 0 Å². The van der Waals surface area contributed by atoms with Crippen LogP contribution in [0.5, 0.6) is 5.75 Å². The number of aromatic amines is 1. The maximum Gasteiger partial charge on any atom is 0.201 e. The highest BCUT2D eigenvalue weighted by molar-refractivity contribution is 6.16. The standard InChI is InChI=1S/C16H11F2NO2/c1-21-9-5-6-14-10(7-9)11(8-19-14)16(20)15-12(17)3-2-4-13(15)18/h2-8,19H,1H3. The van der Waals surface area contributed by atoms with Gasteiger partial charge in [0.25, 0.3) is 0 Å². The number of fused-ring (bicyclic) bond motifs is 1. The second-order valence-corrected chi connectivity index (χ2v) is 4.54. The molecule has 0 radical (unpaired) electrons. The van der Waals surface area contributed by atoms with Gasteiger partial charge in [-0.15, -0.1) is 0 Å². The van der Waals surface area contributed by atoms with Gasteiger partial charge < -0.3 is 9.72 Å². The highest BCUT2D eigenvalue weighted by Crippen LogP contribution is 2.26. The number of carbonyl (C=O) groups excluding carboxylic acids is 1. The molecule has 0 saturated carbocycles. The monoisotopic (exact) mass is 287 g/mol. The van der Waals surface area contributed by atoms with Gasteiger partial charge in [-0.1, -0.05) is 6.07 Å². The van der Waals surface area contributed by atoms with Gasteiger partial charge in [0.15, 0.2) is 0 Å². The fourth-order valence-corrected chi connectivity index (χ4v) is 2.26. The van der Waals surface area contributed by atoms with Crippen LogP contribution in [0.25, 0.3) is 10.9 Å². The fourth-order valence-electron chi connectivity index (χ4n) is 2.26. The number of ketones is 1. The van der Waals surface area contributed by atoms with E-state index in [9.17, 15) is 13.6 Å². The Bertz CT molecular complexity index is 819. The number of nitrogens with one attached hydrogen (secondary N) is 1. The topological polar surface area (TPSA) is 42.1 Å². The molecule has 0 unspecified atom stereocenters. The maximum absolute atomic E-state index is 13.7. The van der Waals surface area contributed by atoms with Crippen molar-refractivity contribution >= 4 is 16.7 Å². The lowest BCUT2D eigenvalue weighted by atomic mass is 10.0. The molecule has 0 aliphatic heterocycles. The molecule has 3 nitrogen and oxygen atoms in total. The summed E-state index contributed by atoms with van der Waals surface area (Å²) in [5, 5.41) is 0.557. The number of carbonyl (C=O) groups is 1. The first-order valence-electron chi connectivity index (χ1n) is 6.25. The van der Waals surface area contributed by atoms with Crippen LogP contribution in [0.4, 0.5) is 8.78 Å². The third-order valence-electron chi connectivity index (χ3n) is 3.32. The van der Waals surface area contributed by atoms with Gasteiger partial charge in [0.2, 0.25) is 5.78 Å². The summed E-state index contributed by atoms with van der Waals surface area (Å²) in [7, 11) is 1.51. The molecule has 3 aromatic rings. The van der Waals surface area contributed by atoms with Crippen molar-refractivity contribution in [1.82, 2.24) is 4.98 Å². The number of hydrogen-bond acceptors (Lipinski definition) is 2. The average Bonchev–Trinajstić information content (AvgIpc) is 2.89. The first-order chi connectivity index (χ1) is 10.1. The number of methoxy groups -OCH3 is 1. The predicted octanol–water partition coefficient (Wildman–Crippen LogP) is 3.69. The van der Waals surface area contributed by atoms with E-state index in [4.69, 9.17) is 4.74 Å². The van der Waals surface area contributed by atoms with Crippen LogP contribution in [-0.4, -0.2) is 17.9 Å². The zero-order valence-electron chi connectivity index (χ0n) is 11.1. The Morgan fingerprint density at radius 3 is 2.52 bits per heavy atom. The minimum absolute atomic E-state index is 0.202. The van der Waals surface area contributed by atoms with Crippen molar-refractivity contribution in [2.24, 2.45) is 0 Å². The minimum atomic E-state index is -0.878. The van der Waals surface area contributed by atoms with Crippen LogP contribution in [0, 0.1) is 11.6 Å². The number of halogens is 2. The molecule has 2 aromatic carbocycles. The molecule has 0 bridgehead atoms. The molecule has 5 heteroatoms. The van der Waals surface area contributed by atoms with Gasteiger partial charge in [0, 0.05) is 22.7 Å². The summed E-state index contributed by atoms with van der Waals surface area (Å²) in [5.41, 5.74) is 0.338. The van der Waals surface area contributed by atoms with Crippen LogP contribution < -0.4 is 4.74 Å². The number of rotatable bonds is 3. The largest absolute Gasteiger partial charge is 0.497 e. The van der Waals surface area contributed by atoms with Crippen LogP contribution in [0.3, 0.4) is 0 Å². The number of benzene rings is 2. The lowest BCUT2D eigenvalue weighted by molar-refractivity contribution is 0.103. The van der Waals surface area contributed by atoms with Crippen molar-refractivity contribution in [2.45, 2.75) is 0 Å². The Balaban J connectivity index is 2.18. The van der Waals surface area contributed by atoms with Gasteiger partial charge in [0.1, 0.15) is 17.4 Å². The quantitative estimate of drug-likeness (QED) is 0.746. The normalized spacial score (nSPS) is 10.8. The number of ether oxygens (including phenoxy) is 1. The molecule has 1 heterocycles. The van der Waals surface area contributed by atoms with Gasteiger partial charge in [-0.05, 0) is 30.3 Å². The minimum Gasteiger partial charge on any atom is -0.497 e. The molecular formula is C16H11F2NO2. The number of hydrogen-bond donors (Lipinski definition) is 1. The van der Waals surface area contributed by atoms with E-state index in [1.807, 2.05) is 0 Å². The van der Waals surface area contributed by atoms with E-state index in [0.717, 1.165) is 12.1 Å². The second kappa shape index (κ2) is 5.01. The zero-order chi connectivity index (χ0) is 15.0. The van der Waals surface area contributed by atoms with Crippen molar-refractivity contribution in [3.8, 4) is 5.75 Å². The molecule has 0 spiro atoms. The molecule has 0 atom stereocenters. The number of aromatic nitrogens is 1. The van der Waals surface area contributed by atoms with Crippen molar-refractivity contribution in [3.63, 3.8) is 0 Å². The molecule has 3 rings (SSSR count). The van der Waals surface area contributed by atoms with Crippen LogP contribution in [0.15, 0.2) is 42.6 Å². The first-order valence-corrected chi connectivity index (χ1v) is 6.25. The third-order valence-corrected chi connectivity index (χ3v) is 3.32. The smallest absolute Gasteiger partial charge is 0.201 e. The Kier molecular flexibility index (Phi) is 3.17. The van der Waals surface area contributed by atoms with Crippen LogP contribution >= 0.6 is 0 Å². The second-order valence-electron chi connectivity index (χ2n) is 4.54. The van der Waals surface area contributed by atoms with Crippen LogP contribution in [0.1, 0.15) is 15.9 Å². The van der Waals surface area contributed by atoms with E-state index in [2.05, 4.69) is 4.98 Å². The molecule has 21 heavy (non-hydrogen) atoms. The molecule has 0 aliphatic rings. The summed E-state index contributed by atoms with van der Waals surface area (Å²) in [6.45, 7) is 0. The molecule has 106 valence electrons. The van der Waals surface area contributed by atoms with Crippen molar-refractivity contribution in [1.29, 1.82) is 0 Å². The summed E-state index contributed by atoms with van der Waals surface area (Å²) in [6.07, 6.45) is 1.44. The van der Waals surface area contributed by atoms with Gasteiger partial charge in [-0.3, -0.25) is 4.79 Å². The van der Waals surface area contributed by atoms with E-state index < -0.39 is 23.0 Å².